The highest BCUT2D eigenvalue weighted by Crippen LogP contribution is 2.36. The van der Waals surface area contributed by atoms with E-state index in [1.807, 2.05) is 6.07 Å². The number of thioether (sulfide) groups is 1. The fraction of sp³-hybridized carbons (Fsp3) is 0.0909. The van der Waals surface area contributed by atoms with E-state index in [0.717, 1.165) is 11.8 Å². The van der Waals surface area contributed by atoms with E-state index in [1.165, 1.54) is 0 Å². The predicted molar refractivity (Wildman–Crippen MR) is 121 cm³/mol. The summed E-state index contributed by atoms with van der Waals surface area (Å²) in [6.45, 7) is 0. The predicted octanol–water partition coefficient (Wildman–Crippen LogP) is 4.47. The Labute approximate surface area is 188 Å². The third-order valence-electron chi connectivity index (χ3n) is 4.26. The average Bonchev–Trinajstić information content (AvgIpc) is 2.78. The Bertz CT molecular complexity index is 1200. The number of amides is 1. The number of hydrogen-bond donors (Lipinski definition) is 2. The second-order valence-corrected chi connectivity index (χ2v) is 7.62. The van der Waals surface area contributed by atoms with E-state index in [9.17, 15) is 15.3 Å². The van der Waals surface area contributed by atoms with Crippen LogP contribution < -0.4 is 15.8 Å². The summed E-state index contributed by atoms with van der Waals surface area (Å²) in [5, 5.41) is 22.9. The highest BCUT2D eigenvalue weighted by Gasteiger charge is 2.21. The van der Waals surface area contributed by atoms with Crippen molar-refractivity contribution in [3.8, 4) is 29.0 Å². The summed E-state index contributed by atoms with van der Waals surface area (Å²) in [6.07, 6.45) is 0. The van der Waals surface area contributed by atoms with Gasteiger partial charge in [0.15, 0.2) is 0 Å². The van der Waals surface area contributed by atoms with Crippen LogP contribution in [0.1, 0.15) is 11.1 Å². The van der Waals surface area contributed by atoms with Crippen molar-refractivity contribution in [2.45, 2.75) is 5.03 Å². The first kappa shape index (κ1) is 22.0. The summed E-state index contributed by atoms with van der Waals surface area (Å²) >= 11 is 7.02. The van der Waals surface area contributed by atoms with Crippen LogP contribution in [0.3, 0.4) is 0 Å². The molecule has 0 aliphatic rings. The van der Waals surface area contributed by atoms with Crippen LogP contribution in [0.25, 0.3) is 11.1 Å². The number of nitriles is 2. The van der Waals surface area contributed by atoms with Crippen LogP contribution in [0, 0.1) is 22.7 Å². The van der Waals surface area contributed by atoms with Gasteiger partial charge in [0.25, 0.3) is 0 Å². The summed E-state index contributed by atoms with van der Waals surface area (Å²) < 4.78 is 5.09. The largest absolute Gasteiger partial charge is 0.497 e. The maximum atomic E-state index is 12.4. The standard InChI is InChI=1S/C22H16ClN5O2S/c1-30-16-8-6-15(7-9-16)27-19(29)12-31-22-18(11-25)20(17(10-24)21(26)28-22)13-2-4-14(23)5-3-13/h2-9H,12H2,1H3,(H2,26,28)(H,27,29). The second kappa shape index (κ2) is 9.86. The zero-order valence-electron chi connectivity index (χ0n) is 16.3. The number of benzene rings is 2. The smallest absolute Gasteiger partial charge is 0.234 e. The molecule has 7 nitrogen and oxygen atoms in total. The quantitative estimate of drug-likeness (QED) is 0.532. The number of ether oxygens (including phenoxy) is 1. The van der Waals surface area contributed by atoms with Crippen LogP contribution in [0.15, 0.2) is 53.6 Å². The van der Waals surface area contributed by atoms with Gasteiger partial charge in [-0.3, -0.25) is 4.79 Å². The van der Waals surface area contributed by atoms with E-state index in [0.29, 0.717) is 27.6 Å². The SMILES string of the molecule is COc1ccc(NC(=O)CSc2nc(N)c(C#N)c(-c3ccc(Cl)cc3)c2C#N)cc1. The number of nitrogens with zero attached hydrogens (tertiary/aromatic N) is 3. The van der Waals surface area contributed by atoms with Crippen molar-refractivity contribution in [1.82, 2.24) is 4.98 Å². The first-order valence-corrected chi connectivity index (χ1v) is 10.3. The summed E-state index contributed by atoms with van der Waals surface area (Å²) in [5.41, 5.74) is 7.85. The number of anilines is 2. The summed E-state index contributed by atoms with van der Waals surface area (Å²) in [6, 6.07) is 17.7. The number of carbonyl (C=O) groups excluding carboxylic acids is 1. The zero-order valence-corrected chi connectivity index (χ0v) is 17.9. The monoisotopic (exact) mass is 449 g/mol. The molecule has 2 aromatic carbocycles. The minimum Gasteiger partial charge on any atom is -0.497 e. The number of hydrogen-bond acceptors (Lipinski definition) is 7. The maximum absolute atomic E-state index is 12.4. The van der Waals surface area contributed by atoms with Crippen LogP contribution in [0.2, 0.25) is 5.02 Å². The Morgan fingerprint density at radius 1 is 1.13 bits per heavy atom. The van der Waals surface area contributed by atoms with Gasteiger partial charge >= 0.3 is 0 Å². The van der Waals surface area contributed by atoms with Crippen molar-refractivity contribution in [2.24, 2.45) is 0 Å². The van der Waals surface area contributed by atoms with E-state index in [2.05, 4.69) is 16.4 Å². The summed E-state index contributed by atoms with van der Waals surface area (Å²) in [7, 11) is 1.56. The highest BCUT2D eigenvalue weighted by atomic mass is 35.5. The Kier molecular flexibility index (Phi) is 6.99. The lowest BCUT2D eigenvalue weighted by atomic mass is 9.97. The third kappa shape index (κ3) is 5.07. The molecule has 154 valence electrons. The van der Waals surface area contributed by atoms with Crippen molar-refractivity contribution in [1.29, 1.82) is 10.5 Å². The number of rotatable bonds is 6. The van der Waals surface area contributed by atoms with Gasteiger partial charge in [-0.25, -0.2) is 4.98 Å². The minimum absolute atomic E-state index is 0.000886. The maximum Gasteiger partial charge on any atom is 0.234 e. The van der Waals surface area contributed by atoms with Crippen LogP contribution in [0.4, 0.5) is 11.5 Å². The molecule has 0 unspecified atom stereocenters. The van der Waals surface area contributed by atoms with E-state index < -0.39 is 0 Å². The number of carbonyl (C=O) groups is 1. The van der Waals surface area contributed by atoms with Gasteiger partial charge in [0.1, 0.15) is 34.3 Å². The van der Waals surface area contributed by atoms with Crippen LogP contribution in [0.5, 0.6) is 5.75 Å². The molecule has 3 aromatic rings. The molecule has 0 aliphatic heterocycles. The molecular formula is C22H16ClN5O2S. The molecule has 31 heavy (non-hydrogen) atoms. The Hall–Kier alpha value is -3.72. The van der Waals surface area contributed by atoms with E-state index >= 15 is 0 Å². The molecule has 0 fully saturated rings. The normalized spacial score (nSPS) is 10.1. The Morgan fingerprint density at radius 3 is 2.35 bits per heavy atom. The van der Waals surface area contributed by atoms with Crippen LogP contribution in [-0.2, 0) is 4.79 Å². The molecule has 0 spiro atoms. The first-order valence-electron chi connectivity index (χ1n) is 8.93. The topological polar surface area (TPSA) is 125 Å². The summed E-state index contributed by atoms with van der Waals surface area (Å²) in [5.74, 6) is 0.387. The molecule has 3 rings (SSSR count). The average molecular weight is 450 g/mol. The highest BCUT2D eigenvalue weighted by molar-refractivity contribution is 8.00. The molecule has 0 aliphatic carbocycles. The van der Waals surface area contributed by atoms with E-state index in [1.54, 1.807) is 55.6 Å². The van der Waals surface area contributed by atoms with Gasteiger partial charge in [-0.1, -0.05) is 35.5 Å². The number of halogens is 1. The van der Waals surface area contributed by atoms with Crippen molar-refractivity contribution in [3.63, 3.8) is 0 Å². The molecule has 0 radical (unpaired) electrons. The van der Waals surface area contributed by atoms with E-state index in [4.69, 9.17) is 22.1 Å². The van der Waals surface area contributed by atoms with Gasteiger partial charge in [0, 0.05) is 16.3 Å². The molecule has 0 bridgehead atoms. The number of pyridine rings is 1. The van der Waals surface area contributed by atoms with E-state index in [-0.39, 0.29) is 33.6 Å². The molecular weight excluding hydrogens is 434 g/mol. The summed E-state index contributed by atoms with van der Waals surface area (Å²) in [4.78, 5) is 16.6. The fourth-order valence-corrected chi connectivity index (χ4v) is 3.73. The molecule has 0 saturated carbocycles. The second-order valence-electron chi connectivity index (χ2n) is 6.22. The van der Waals surface area contributed by atoms with Gasteiger partial charge in [0.05, 0.1) is 18.4 Å². The number of nitrogens with one attached hydrogen (secondary N) is 1. The molecule has 0 saturated heterocycles. The number of nitrogens with two attached hydrogens (primary N) is 1. The van der Waals surface area contributed by atoms with Gasteiger partial charge < -0.3 is 15.8 Å². The third-order valence-corrected chi connectivity index (χ3v) is 5.49. The van der Waals surface area contributed by atoms with Gasteiger partial charge in [-0.2, -0.15) is 10.5 Å². The first-order chi connectivity index (χ1) is 15.0. The molecule has 3 N–H and O–H groups in total. The zero-order chi connectivity index (χ0) is 22.4. The molecule has 0 atom stereocenters. The lowest BCUT2D eigenvalue weighted by Gasteiger charge is -2.13. The lowest BCUT2D eigenvalue weighted by molar-refractivity contribution is -0.113. The van der Waals surface area contributed by atoms with Crippen molar-refractivity contribution < 1.29 is 9.53 Å². The van der Waals surface area contributed by atoms with Crippen LogP contribution >= 0.6 is 23.4 Å². The van der Waals surface area contributed by atoms with Gasteiger partial charge in [-0.15, -0.1) is 0 Å². The number of aromatic nitrogens is 1. The molecule has 9 heteroatoms. The van der Waals surface area contributed by atoms with Crippen LogP contribution in [-0.4, -0.2) is 23.8 Å². The number of methoxy groups -OCH3 is 1. The number of nitrogen functional groups attached to an aromatic ring is 1. The Balaban J connectivity index is 1.87. The molecule has 1 heterocycles. The lowest BCUT2D eigenvalue weighted by Crippen LogP contribution is -2.14. The Morgan fingerprint density at radius 2 is 1.77 bits per heavy atom. The van der Waals surface area contributed by atoms with Crippen molar-refractivity contribution >= 4 is 40.8 Å². The molecule has 1 amide bonds. The van der Waals surface area contributed by atoms with Gasteiger partial charge in [-0.05, 0) is 42.0 Å². The minimum atomic E-state index is -0.281. The van der Waals surface area contributed by atoms with Gasteiger partial charge in [0.2, 0.25) is 5.91 Å². The van der Waals surface area contributed by atoms with Crippen molar-refractivity contribution in [2.75, 3.05) is 23.9 Å². The molecule has 1 aromatic heterocycles. The van der Waals surface area contributed by atoms with Crippen molar-refractivity contribution in [3.05, 3.63) is 64.7 Å². The fourth-order valence-electron chi connectivity index (χ4n) is 2.81.